The van der Waals surface area contributed by atoms with Crippen molar-refractivity contribution >= 4 is 71.7 Å². The minimum Gasteiger partial charge on any atom is -0.550 e. The van der Waals surface area contributed by atoms with Gasteiger partial charge in [-0.2, -0.15) is 0 Å². The molecule has 0 rings (SSSR count). The van der Waals surface area contributed by atoms with Crippen molar-refractivity contribution in [2.75, 3.05) is 0 Å². The molecular weight excluding hydrogens is 750 g/mol. The van der Waals surface area contributed by atoms with Crippen LogP contribution in [-0.4, -0.2) is 71.7 Å². The molecule has 0 saturated heterocycles. The molecule has 0 aromatic heterocycles. The summed E-state index contributed by atoms with van der Waals surface area (Å²) >= 11 is 0. The van der Waals surface area contributed by atoms with Gasteiger partial charge in [0.2, 0.25) is 0 Å². The zero-order valence-corrected chi connectivity index (χ0v) is 29.3. The van der Waals surface area contributed by atoms with Gasteiger partial charge in [-0.15, -0.1) is 0 Å². The van der Waals surface area contributed by atoms with E-state index in [2.05, 4.69) is 13.8 Å². The van der Waals surface area contributed by atoms with Gasteiger partial charge in [-0.05, 0) is 37.8 Å². The number of carbonyl (C=O) groups is 4. The van der Waals surface area contributed by atoms with E-state index in [-0.39, 0.29) is 90.4 Å². The van der Waals surface area contributed by atoms with Crippen LogP contribution >= 0.6 is 0 Å². The minimum atomic E-state index is -1.55. The maximum Gasteiger partial charge on any atom is 2.00 e. The monoisotopic (exact) mass is 816 g/mol. The smallest absolute Gasteiger partial charge is 0.550 e. The van der Waals surface area contributed by atoms with E-state index in [1.807, 2.05) is 0 Å². The Morgan fingerprint density at radius 3 is 0.762 bits per heavy atom. The van der Waals surface area contributed by atoms with Crippen molar-refractivity contribution in [3.05, 3.63) is 12.2 Å². The molecule has 0 amide bonds. The van der Waals surface area contributed by atoms with Gasteiger partial charge in [0.15, 0.2) is 0 Å². The van der Waals surface area contributed by atoms with Crippen LogP contribution in [0.3, 0.4) is 0 Å². The van der Waals surface area contributed by atoms with E-state index < -0.39 is 23.9 Å². The molecular formula is C32H64O8Sn2. The summed E-state index contributed by atoms with van der Waals surface area (Å²) in [6.07, 6.45) is 23.1. The molecule has 0 aliphatic rings. The Bertz CT molecular complexity index is 523. The Kier molecular flexibility index (Phi) is 85.7. The number of carboxylic acids is 4. The van der Waals surface area contributed by atoms with Gasteiger partial charge in [0, 0.05) is 11.9 Å². The summed E-state index contributed by atoms with van der Waals surface area (Å²) in [5.41, 5.74) is 0. The fourth-order valence-corrected chi connectivity index (χ4v) is 3.30. The van der Waals surface area contributed by atoms with Gasteiger partial charge in [-0.3, -0.25) is 0 Å². The van der Waals surface area contributed by atoms with Gasteiger partial charge in [-0.25, -0.2) is 0 Å². The van der Waals surface area contributed by atoms with Crippen LogP contribution in [0.15, 0.2) is 12.2 Å². The standard InChI is InChI=1S/2C12H24O2.C4H4O4.4CH4.2Sn/c2*1-2-3-4-5-6-7-8-9-10-11-12(13)14;5-3(6)1-2-4(7)8;;;;;;/h2*2-11H2,1H3,(H,13,14);1-2H,(H,5,6)(H,7,8);4*1H4;;/q;;;;;;;2*+2/p-4/b;;2-1-;;;;;;. The van der Waals surface area contributed by atoms with Crippen LogP contribution < -0.4 is 20.4 Å². The number of carbonyl (C=O) groups excluding carboxylic acids is 4. The normalized spacial score (nSPS) is 8.71. The summed E-state index contributed by atoms with van der Waals surface area (Å²) in [4.78, 5) is 39.0. The first-order valence-electron chi connectivity index (χ1n) is 13.7. The quantitative estimate of drug-likeness (QED) is 0.0896. The van der Waals surface area contributed by atoms with E-state index in [0.29, 0.717) is 12.2 Å². The molecule has 0 atom stereocenters. The summed E-state index contributed by atoms with van der Waals surface area (Å²) in [7, 11) is 0. The number of unbranched alkanes of at least 4 members (excludes halogenated alkanes) is 16. The molecule has 0 aromatic rings. The predicted molar refractivity (Wildman–Crippen MR) is 171 cm³/mol. The van der Waals surface area contributed by atoms with Crippen LogP contribution in [0.2, 0.25) is 0 Å². The molecule has 42 heavy (non-hydrogen) atoms. The first-order chi connectivity index (χ1) is 17.2. The van der Waals surface area contributed by atoms with Crippen molar-refractivity contribution in [1.29, 1.82) is 0 Å². The molecule has 0 bridgehead atoms. The Labute approximate surface area is 293 Å². The van der Waals surface area contributed by atoms with E-state index in [9.17, 15) is 39.6 Å². The average molecular weight is 814 g/mol. The van der Waals surface area contributed by atoms with Crippen molar-refractivity contribution in [3.63, 3.8) is 0 Å². The molecule has 0 aliphatic carbocycles. The van der Waals surface area contributed by atoms with Crippen molar-refractivity contribution in [1.82, 2.24) is 0 Å². The second-order valence-corrected chi connectivity index (χ2v) is 8.87. The number of hydrogen-bond donors (Lipinski definition) is 0. The Hall–Kier alpha value is -0.783. The molecule has 0 saturated carbocycles. The van der Waals surface area contributed by atoms with Crippen LogP contribution in [0.5, 0.6) is 0 Å². The number of aliphatic carboxylic acids is 4. The minimum absolute atomic E-state index is 0. The predicted octanol–water partition coefficient (Wildman–Crippen LogP) is 4.14. The van der Waals surface area contributed by atoms with Gasteiger partial charge in [-0.1, -0.05) is 146 Å². The second-order valence-electron chi connectivity index (χ2n) is 8.87. The molecule has 0 heterocycles. The maximum absolute atomic E-state index is 10.1. The van der Waals surface area contributed by atoms with Gasteiger partial charge in [0.05, 0.1) is 11.9 Å². The summed E-state index contributed by atoms with van der Waals surface area (Å²) in [6, 6.07) is 0. The largest absolute Gasteiger partial charge is 2.00 e. The molecule has 4 radical (unpaired) electrons. The number of rotatable bonds is 22. The van der Waals surface area contributed by atoms with Crippen molar-refractivity contribution in [3.8, 4) is 0 Å². The molecule has 0 aliphatic heterocycles. The van der Waals surface area contributed by atoms with Crippen molar-refractivity contribution in [2.45, 2.75) is 172 Å². The summed E-state index contributed by atoms with van der Waals surface area (Å²) in [5, 5.41) is 39.0. The van der Waals surface area contributed by atoms with Crippen LogP contribution in [0, 0.1) is 0 Å². The second kappa shape index (κ2) is 56.1. The Morgan fingerprint density at radius 1 is 0.405 bits per heavy atom. The number of carboxylic acid groups (broad SMARTS) is 4. The maximum atomic E-state index is 10.1. The molecule has 0 aromatic carbocycles. The number of hydrogen-bond acceptors (Lipinski definition) is 8. The van der Waals surface area contributed by atoms with Crippen LogP contribution in [0.25, 0.3) is 0 Å². The third-order valence-corrected chi connectivity index (χ3v) is 5.32. The Morgan fingerprint density at radius 2 is 0.595 bits per heavy atom. The summed E-state index contributed by atoms with van der Waals surface area (Å²) in [6.45, 7) is 4.44. The molecule has 0 unspecified atom stereocenters. The molecule has 0 N–H and O–H groups in total. The Balaban J connectivity index is -0.0000000535. The van der Waals surface area contributed by atoms with E-state index in [4.69, 9.17) is 0 Å². The van der Waals surface area contributed by atoms with Gasteiger partial charge >= 0.3 is 47.8 Å². The van der Waals surface area contributed by atoms with E-state index >= 15 is 0 Å². The van der Waals surface area contributed by atoms with Crippen molar-refractivity contribution < 1.29 is 39.6 Å². The van der Waals surface area contributed by atoms with E-state index in [1.54, 1.807) is 0 Å². The SMILES string of the molecule is C.C.C.C.CCCCCCCCCCCC(=O)[O-].CCCCCCCCCCCC(=O)[O-].O=C([O-])/C=C\C(=O)[O-].[Sn+2].[Sn+2]. The zero-order valence-electron chi connectivity index (χ0n) is 23.6. The van der Waals surface area contributed by atoms with Gasteiger partial charge in [0.1, 0.15) is 0 Å². The molecule has 10 heteroatoms. The molecule has 0 fully saturated rings. The third kappa shape index (κ3) is 83.3. The third-order valence-electron chi connectivity index (χ3n) is 5.32. The zero-order chi connectivity index (χ0) is 27.9. The molecule has 248 valence electrons. The van der Waals surface area contributed by atoms with Crippen LogP contribution in [0.1, 0.15) is 172 Å². The average Bonchev–Trinajstić information content (AvgIpc) is 2.81. The van der Waals surface area contributed by atoms with Gasteiger partial charge in [0.25, 0.3) is 0 Å². The molecule has 8 nitrogen and oxygen atoms in total. The first-order valence-corrected chi connectivity index (χ1v) is 13.7. The van der Waals surface area contributed by atoms with Crippen molar-refractivity contribution in [2.24, 2.45) is 0 Å². The van der Waals surface area contributed by atoms with Gasteiger partial charge < -0.3 is 39.6 Å². The first kappa shape index (κ1) is 64.2. The summed E-state index contributed by atoms with van der Waals surface area (Å²) in [5.74, 6) is -4.91. The van der Waals surface area contributed by atoms with E-state index in [0.717, 1.165) is 25.7 Å². The fraction of sp³-hybridized carbons (Fsp3) is 0.812. The topological polar surface area (TPSA) is 161 Å². The van der Waals surface area contributed by atoms with E-state index in [1.165, 1.54) is 89.9 Å². The fourth-order valence-electron chi connectivity index (χ4n) is 3.30. The van der Waals surface area contributed by atoms with Crippen LogP contribution in [0.4, 0.5) is 0 Å². The molecule has 0 spiro atoms. The summed E-state index contributed by atoms with van der Waals surface area (Å²) < 4.78 is 0. The van der Waals surface area contributed by atoms with Crippen LogP contribution in [-0.2, 0) is 19.2 Å².